The lowest BCUT2D eigenvalue weighted by Crippen LogP contribution is -2.42. The second-order valence-electron chi connectivity index (χ2n) is 5.02. The maximum atomic E-state index is 6.12. The Labute approximate surface area is 112 Å². The number of halogens is 1. The van der Waals surface area contributed by atoms with Crippen LogP contribution in [-0.4, -0.2) is 30.6 Å². The summed E-state index contributed by atoms with van der Waals surface area (Å²) < 4.78 is 1.15. The maximum Gasteiger partial charge on any atom is 0.0244 e. The van der Waals surface area contributed by atoms with Crippen LogP contribution in [0.2, 0.25) is 0 Å². The Morgan fingerprint density at radius 3 is 2.59 bits per heavy atom. The van der Waals surface area contributed by atoms with Gasteiger partial charge in [-0.05, 0) is 44.0 Å². The van der Waals surface area contributed by atoms with E-state index in [1.807, 2.05) is 0 Å². The van der Waals surface area contributed by atoms with Crippen LogP contribution in [0.3, 0.4) is 0 Å². The quantitative estimate of drug-likeness (QED) is 0.926. The fraction of sp³-hybridized carbons (Fsp3) is 0.571. The normalized spacial score (nSPS) is 24.5. The van der Waals surface area contributed by atoms with Gasteiger partial charge in [-0.3, -0.25) is 0 Å². The maximum absolute atomic E-state index is 6.12. The third kappa shape index (κ3) is 3.54. The van der Waals surface area contributed by atoms with E-state index < -0.39 is 0 Å². The molecule has 0 bridgehead atoms. The minimum atomic E-state index is 0.380. The van der Waals surface area contributed by atoms with Crippen LogP contribution in [0.5, 0.6) is 0 Å². The molecule has 17 heavy (non-hydrogen) atoms. The molecule has 2 rings (SSSR count). The molecule has 2 nitrogen and oxygen atoms in total. The topological polar surface area (TPSA) is 29.3 Å². The number of likely N-dealkylation sites (N-methyl/N-ethyl adjacent to an activating group) is 1. The van der Waals surface area contributed by atoms with Gasteiger partial charge in [0.25, 0.3) is 0 Å². The monoisotopic (exact) mass is 296 g/mol. The fourth-order valence-corrected chi connectivity index (χ4v) is 2.90. The van der Waals surface area contributed by atoms with Gasteiger partial charge in [0.05, 0.1) is 0 Å². The third-order valence-corrected chi connectivity index (χ3v) is 4.29. The molecule has 2 atom stereocenters. The van der Waals surface area contributed by atoms with E-state index in [2.05, 4.69) is 52.1 Å². The minimum absolute atomic E-state index is 0.380. The number of hydrogen-bond donors (Lipinski definition) is 1. The predicted molar refractivity (Wildman–Crippen MR) is 76.1 cm³/mol. The number of nitrogens with zero attached hydrogens (tertiary/aromatic N) is 1. The van der Waals surface area contributed by atoms with Gasteiger partial charge in [0.2, 0.25) is 0 Å². The van der Waals surface area contributed by atoms with E-state index in [9.17, 15) is 0 Å². The lowest BCUT2D eigenvalue weighted by atomic mass is 10.1. The Morgan fingerprint density at radius 1 is 1.29 bits per heavy atom. The molecule has 0 amide bonds. The van der Waals surface area contributed by atoms with Crippen molar-refractivity contribution < 1.29 is 0 Å². The highest BCUT2D eigenvalue weighted by molar-refractivity contribution is 9.10. The van der Waals surface area contributed by atoms with Crippen molar-refractivity contribution in [3.05, 3.63) is 34.3 Å². The van der Waals surface area contributed by atoms with Crippen LogP contribution < -0.4 is 5.73 Å². The average Bonchev–Trinajstić information content (AvgIpc) is 2.74. The van der Waals surface area contributed by atoms with Gasteiger partial charge in [-0.1, -0.05) is 34.5 Å². The van der Waals surface area contributed by atoms with Crippen LogP contribution in [0.15, 0.2) is 28.7 Å². The first-order valence-electron chi connectivity index (χ1n) is 6.37. The van der Waals surface area contributed by atoms with E-state index in [4.69, 9.17) is 5.73 Å². The Hall–Kier alpha value is -0.380. The lowest BCUT2D eigenvalue weighted by molar-refractivity contribution is 0.231. The summed E-state index contributed by atoms with van der Waals surface area (Å²) in [6, 6.07) is 9.56. The van der Waals surface area contributed by atoms with E-state index in [0.717, 1.165) is 17.4 Å². The van der Waals surface area contributed by atoms with E-state index in [1.54, 1.807) is 0 Å². The highest BCUT2D eigenvalue weighted by Gasteiger charge is 2.26. The Kier molecular flexibility index (Phi) is 4.60. The molecule has 0 spiro atoms. The first-order valence-corrected chi connectivity index (χ1v) is 7.16. The number of benzene rings is 1. The molecule has 0 saturated heterocycles. The van der Waals surface area contributed by atoms with Gasteiger partial charge in [0.15, 0.2) is 0 Å². The van der Waals surface area contributed by atoms with Crippen LogP contribution >= 0.6 is 15.9 Å². The van der Waals surface area contributed by atoms with Crippen LogP contribution in [0.1, 0.15) is 24.8 Å². The van der Waals surface area contributed by atoms with Crippen molar-refractivity contribution in [3.63, 3.8) is 0 Å². The van der Waals surface area contributed by atoms with E-state index in [-0.39, 0.29) is 0 Å². The number of hydrogen-bond acceptors (Lipinski definition) is 2. The highest BCUT2D eigenvalue weighted by Crippen LogP contribution is 2.22. The fourth-order valence-electron chi connectivity index (χ4n) is 2.64. The Balaban J connectivity index is 1.83. The molecule has 0 radical (unpaired) electrons. The largest absolute Gasteiger partial charge is 0.326 e. The molecule has 1 aromatic carbocycles. The molecule has 1 aromatic rings. The van der Waals surface area contributed by atoms with Crippen LogP contribution in [0.25, 0.3) is 0 Å². The number of nitrogens with two attached hydrogens (primary N) is 1. The van der Waals surface area contributed by atoms with E-state index in [1.165, 1.54) is 24.8 Å². The standard InChI is InChI=1S/C14H21BrN2/c1-17(14-4-2-3-13(14)16)10-9-11-5-7-12(15)8-6-11/h5-8,13-14H,2-4,9-10,16H2,1H3. The smallest absolute Gasteiger partial charge is 0.0244 e. The van der Waals surface area contributed by atoms with Crippen LogP contribution in [0.4, 0.5) is 0 Å². The summed E-state index contributed by atoms with van der Waals surface area (Å²) in [6.45, 7) is 1.10. The van der Waals surface area contributed by atoms with Gasteiger partial charge in [0, 0.05) is 23.1 Å². The van der Waals surface area contributed by atoms with E-state index >= 15 is 0 Å². The molecule has 1 aliphatic rings. The molecule has 94 valence electrons. The van der Waals surface area contributed by atoms with Gasteiger partial charge >= 0.3 is 0 Å². The van der Waals surface area contributed by atoms with Crippen molar-refractivity contribution in [2.75, 3.05) is 13.6 Å². The first kappa shape index (κ1) is 13.1. The molecule has 1 aliphatic carbocycles. The molecule has 0 aromatic heterocycles. The summed E-state index contributed by atoms with van der Waals surface area (Å²) in [5.74, 6) is 0. The molecular weight excluding hydrogens is 276 g/mol. The summed E-state index contributed by atoms with van der Waals surface area (Å²) in [4.78, 5) is 2.43. The molecule has 3 heteroatoms. The van der Waals surface area contributed by atoms with Crippen molar-refractivity contribution in [3.8, 4) is 0 Å². The second kappa shape index (κ2) is 5.98. The van der Waals surface area contributed by atoms with Crippen molar-refractivity contribution in [1.29, 1.82) is 0 Å². The summed E-state index contributed by atoms with van der Waals surface area (Å²) in [6.07, 6.45) is 4.84. The number of rotatable bonds is 4. The van der Waals surface area contributed by atoms with Crippen LogP contribution in [-0.2, 0) is 6.42 Å². The zero-order valence-corrected chi connectivity index (χ0v) is 12.0. The molecule has 1 fully saturated rings. The predicted octanol–water partition coefficient (Wildman–Crippen LogP) is 2.80. The summed E-state index contributed by atoms with van der Waals surface area (Å²) in [7, 11) is 2.20. The molecule has 0 aliphatic heterocycles. The van der Waals surface area contributed by atoms with Gasteiger partial charge in [-0.25, -0.2) is 0 Å². The molecule has 2 unspecified atom stereocenters. The van der Waals surface area contributed by atoms with Crippen molar-refractivity contribution in [2.45, 2.75) is 37.8 Å². The zero-order valence-electron chi connectivity index (χ0n) is 10.4. The SMILES string of the molecule is CN(CCc1ccc(Br)cc1)C1CCCC1N. The minimum Gasteiger partial charge on any atom is -0.326 e. The van der Waals surface area contributed by atoms with E-state index in [0.29, 0.717) is 12.1 Å². The summed E-state index contributed by atoms with van der Waals surface area (Å²) in [5, 5.41) is 0. The summed E-state index contributed by atoms with van der Waals surface area (Å²) >= 11 is 3.46. The average molecular weight is 297 g/mol. The molecular formula is C14H21BrN2. The van der Waals surface area contributed by atoms with Crippen LogP contribution in [0, 0.1) is 0 Å². The van der Waals surface area contributed by atoms with Crippen molar-refractivity contribution in [1.82, 2.24) is 4.90 Å². The zero-order chi connectivity index (χ0) is 12.3. The van der Waals surface area contributed by atoms with Gasteiger partial charge in [-0.15, -0.1) is 0 Å². The van der Waals surface area contributed by atoms with Gasteiger partial charge in [0.1, 0.15) is 0 Å². The Bertz CT molecular complexity index is 350. The van der Waals surface area contributed by atoms with Crippen molar-refractivity contribution in [2.24, 2.45) is 5.73 Å². The van der Waals surface area contributed by atoms with Gasteiger partial charge < -0.3 is 10.6 Å². The van der Waals surface area contributed by atoms with Crippen molar-refractivity contribution >= 4 is 15.9 Å². The van der Waals surface area contributed by atoms with Gasteiger partial charge in [-0.2, -0.15) is 0 Å². The molecule has 2 N–H and O–H groups in total. The lowest BCUT2D eigenvalue weighted by Gasteiger charge is -2.27. The highest BCUT2D eigenvalue weighted by atomic mass is 79.9. The molecule has 1 saturated carbocycles. The Morgan fingerprint density at radius 2 is 2.00 bits per heavy atom. The third-order valence-electron chi connectivity index (χ3n) is 3.76. The summed E-state index contributed by atoms with van der Waals surface area (Å²) in [5.41, 5.74) is 7.52. The second-order valence-corrected chi connectivity index (χ2v) is 5.93. The molecule has 0 heterocycles. The first-order chi connectivity index (χ1) is 8.16.